The minimum Gasteiger partial charge on any atom is -0.503 e. The summed E-state index contributed by atoms with van der Waals surface area (Å²) in [5.74, 6) is -6.07. The molecule has 182 valence electrons. The molecule has 4 rings (SSSR count). The molecule has 2 unspecified atom stereocenters. The Kier molecular flexibility index (Phi) is 6.79. The van der Waals surface area contributed by atoms with Gasteiger partial charge in [0.1, 0.15) is 28.3 Å². The molecule has 2 saturated heterocycles. The first kappa shape index (κ1) is 24.0. The molecular formula is C23H24ClF2N3O5. The lowest BCUT2D eigenvalue weighted by atomic mass is 9.88. The van der Waals surface area contributed by atoms with Gasteiger partial charge < -0.3 is 25.0 Å². The van der Waals surface area contributed by atoms with Gasteiger partial charge in [0, 0.05) is 31.6 Å². The average Bonchev–Trinajstić information content (AvgIpc) is 3.31. The van der Waals surface area contributed by atoms with Gasteiger partial charge in [-0.15, -0.1) is 0 Å². The smallest absolute Gasteiger partial charge is 0.274 e. The molecule has 1 aromatic carbocycles. The first-order valence-electron chi connectivity index (χ1n) is 10.9. The Hall–Kier alpha value is -3.14. The highest BCUT2D eigenvalue weighted by atomic mass is 35.5. The zero-order valence-electron chi connectivity index (χ0n) is 18.2. The van der Waals surface area contributed by atoms with Crippen LogP contribution < -0.4 is 5.32 Å². The predicted octanol–water partition coefficient (Wildman–Crippen LogP) is 2.43. The summed E-state index contributed by atoms with van der Waals surface area (Å²) in [7, 11) is 0. The molecule has 8 nitrogen and oxygen atoms in total. The molecule has 2 N–H and O–H groups in total. The van der Waals surface area contributed by atoms with Crippen molar-refractivity contribution in [3.63, 3.8) is 0 Å². The van der Waals surface area contributed by atoms with E-state index in [-0.39, 0.29) is 36.4 Å². The lowest BCUT2D eigenvalue weighted by Gasteiger charge is -2.49. The number of amides is 2. The van der Waals surface area contributed by atoms with Crippen LogP contribution in [0.4, 0.5) is 8.78 Å². The van der Waals surface area contributed by atoms with E-state index in [9.17, 15) is 28.3 Å². The Morgan fingerprint density at radius 2 is 2.09 bits per heavy atom. The molecular weight excluding hydrogens is 472 g/mol. The highest BCUT2D eigenvalue weighted by Crippen LogP contribution is 2.38. The number of carbonyl (C=O) groups is 3. The summed E-state index contributed by atoms with van der Waals surface area (Å²) in [6.45, 7) is 3.90. The summed E-state index contributed by atoms with van der Waals surface area (Å²) in [5, 5.41) is 12.4. The number of fused-ring (bicyclic) bond motifs is 2. The Balaban J connectivity index is 1.57. The van der Waals surface area contributed by atoms with Crippen LogP contribution in [0.25, 0.3) is 0 Å². The number of hydrogen-bond acceptors (Lipinski definition) is 6. The van der Waals surface area contributed by atoms with Gasteiger partial charge >= 0.3 is 0 Å². The van der Waals surface area contributed by atoms with E-state index in [1.54, 1.807) is 9.80 Å². The number of Topliss-reactive ketones (excluding diaryl/α,β-unsaturated/α-hetero) is 1. The van der Waals surface area contributed by atoms with E-state index in [0.717, 1.165) is 25.0 Å². The SMILES string of the molecule is C=COCC[C@H]1C2CCCN2C(=O)C2=C(O)C(=O)C(C(=O)NCc3ccc(F)c(Cl)c3F)CN21. The fourth-order valence-corrected chi connectivity index (χ4v) is 5.12. The van der Waals surface area contributed by atoms with Crippen molar-refractivity contribution in [2.75, 3.05) is 19.7 Å². The summed E-state index contributed by atoms with van der Waals surface area (Å²) in [4.78, 5) is 42.1. The van der Waals surface area contributed by atoms with Crippen LogP contribution in [0.2, 0.25) is 5.02 Å². The fraction of sp³-hybridized carbons (Fsp3) is 0.435. The summed E-state index contributed by atoms with van der Waals surface area (Å²) < 4.78 is 32.8. The van der Waals surface area contributed by atoms with Crippen molar-refractivity contribution in [2.45, 2.75) is 37.9 Å². The molecule has 0 aliphatic carbocycles. The molecule has 34 heavy (non-hydrogen) atoms. The van der Waals surface area contributed by atoms with E-state index in [2.05, 4.69) is 11.9 Å². The molecule has 2 amide bonds. The van der Waals surface area contributed by atoms with Crippen LogP contribution in [0.3, 0.4) is 0 Å². The number of piperazine rings is 1. The highest BCUT2D eigenvalue weighted by molar-refractivity contribution is 6.31. The van der Waals surface area contributed by atoms with Crippen molar-refractivity contribution >= 4 is 29.2 Å². The number of aliphatic hydroxyl groups is 1. The number of rotatable bonds is 7. The Morgan fingerprint density at radius 1 is 1.32 bits per heavy atom. The van der Waals surface area contributed by atoms with Crippen molar-refractivity contribution < 1.29 is 33.0 Å². The number of ether oxygens (including phenoxy) is 1. The predicted molar refractivity (Wildman–Crippen MR) is 117 cm³/mol. The number of nitrogens with zero attached hydrogens (tertiary/aromatic N) is 2. The van der Waals surface area contributed by atoms with E-state index in [1.165, 1.54) is 6.26 Å². The van der Waals surface area contributed by atoms with E-state index in [4.69, 9.17) is 16.3 Å². The molecule has 3 aliphatic rings. The molecule has 0 spiro atoms. The number of ketones is 1. The van der Waals surface area contributed by atoms with Gasteiger partial charge in [-0.05, 0) is 18.9 Å². The van der Waals surface area contributed by atoms with E-state index < -0.39 is 45.9 Å². The summed E-state index contributed by atoms with van der Waals surface area (Å²) in [6, 6.07) is 1.71. The molecule has 1 aromatic rings. The van der Waals surface area contributed by atoms with Crippen molar-refractivity contribution in [2.24, 2.45) is 5.92 Å². The quantitative estimate of drug-likeness (QED) is 0.261. The van der Waals surface area contributed by atoms with Crippen LogP contribution in [-0.4, -0.2) is 64.3 Å². The van der Waals surface area contributed by atoms with Gasteiger partial charge in [0.25, 0.3) is 5.91 Å². The lowest BCUT2D eigenvalue weighted by molar-refractivity contribution is -0.144. The molecule has 3 atom stereocenters. The van der Waals surface area contributed by atoms with E-state index >= 15 is 0 Å². The van der Waals surface area contributed by atoms with E-state index in [1.807, 2.05) is 0 Å². The van der Waals surface area contributed by atoms with Crippen LogP contribution in [0.15, 0.2) is 36.4 Å². The summed E-state index contributed by atoms with van der Waals surface area (Å²) in [5.41, 5.74) is -0.162. The van der Waals surface area contributed by atoms with Crippen LogP contribution >= 0.6 is 11.6 Å². The Labute approximate surface area is 199 Å². The van der Waals surface area contributed by atoms with Gasteiger partial charge in [0.2, 0.25) is 11.7 Å². The second-order valence-corrected chi connectivity index (χ2v) is 8.80. The van der Waals surface area contributed by atoms with Gasteiger partial charge in [-0.1, -0.05) is 24.2 Å². The van der Waals surface area contributed by atoms with Crippen molar-refractivity contribution in [3.05, 3.63) is 58.7 Å². The number of allylic oxidation sites excluding steroid dienone is 1. The number of carbonyl (C=O) groups excluding carboxylic acids is 3. The second kappa shape index (κ2) is 9.61. The maximum atomic E-state index is 14.2. The molecule has 3 heterocycles. The van der Waals surface area contributed by atoms with Crippen LogP contribution in [0.1, 0.15) is 24.8 Å². The third-order valence-electron chi connectivity index (χ3n) is 6.58. The molecule has 2 fully saturated rings. The maximum Gasteiger partial charge on any atom is 0.274 e. The number of aliphatic hydroxyl groups excluding tert-OH is 1. The monoisotopic (exact) mass is 495 g/mol. The number of nitrogens with one attached hydrogen (secondary N) is 1. The summed E-state index contributed by atoms with van der Waals surface area (Å²) in [6.07, 6.45) is 3.34. The molecule has 0 bridgehead atoms. The second-order valence-electron chi connectivity index (χ2n) is 8.42. The minimum atomic E-state index is -1.31. The van der Waals surface area contributed by atoms with Gasteiger partial charge in [0.15, 0.2) is 5.76 Å². The zero-order valence-corrected chi connectivity index (χ0v) is 19.0. The molecule has 3 aliphatic heterocycles. The fourth-order valence-electron chi connectivity index (χ4n) is 4.93. The lowest BCUT2D eigenvalue weighted by Crippen LogP contribution is -2.63. The summed E-state index contributed by atoms with van der Waals surface area (Å²) >= 11 is 5.58. The van der Waals surface area contributed by atoms with Crippen LogP contribution in [-0.2, 0) is 25.7 Å². The Morgan fingerprint density at radius 3 is 2.82 bits per heavy atom. The van der Waals surface area contributed by atoms with Gasteiger partial charge in [0.05, 0.1) is 25.0 Å². The number of hydrogen-bond donors (Lipinski definition) is 2. The highest BCUT2D eigenvalue weighted by Gasteiger charge is 2.52. The maximum absolute atomic E-state index is 14.2. The number of halogens is 3. The van der Waals surface area contributed by atoms with Gasteiger partial charge in [-0.25, -0.2) is 8.78 Å². The molecule has 0 radical (unpaired) electrons. The minimum absolute atomic E-state index is 0.0577. The van der Waals surface area contributed by atoms with Crippen LogP contribution in [0, 0.1) is 17.6 Å². The Bertz CT molecular complexity index is 1080. The van der Waals surface area contributed by atoms with E-state index in [0.29, 0.717) is 19.6 Å². The average molecular weight is 496 g/mol. The first-order valence-corrected chi connectivity index (χ1v) is 11.3. The third kappa shape index (κ3) is 4.11. The largest absolute Gasteiger partial charge is 0.503 e. The van der Waals surface area contributed by atoms with Gasteiger partial charge in [-0.2, -0.15) is 0 Å². The van der Waals surface area contributed by atoms with Crippen LogP contribution in [0.5, 0.6) is 0 Å². The van der Waals surface area contributed by atoms with Crippen molar-refractivity contribution in [1.82, 2.24) is 15.1 Å². The van der Waals surface area contributed by atoms with Crippen molar-refractivity contribution in [1.29, 1.82) is 0 Å². The van der Waals surface area contributed by atoms with Gasteiger partial charge in [-0.3, -0.25) is 14.4 Å². The molecule has 0 aromatic heterocycles. The number of benzene rings is 1. The van der Waals surface area contributed by atoms with Crippen molar-refractivity contribution in [3.8, 4) is 0 Å². The topological polar surface area (TPSA) is 99.2 Å². The normalized spacial score (nSPS) is 24.1. The zero-order chi connectivity index (χ0) is 24.6. The molecule has 0 saturated carbocycles. The standard InChI is InChI=1S/C23H24ClF2N3O5/c1-2-34-9-7-16-15-4-3-8-28(15)23(33)19-21(31)20(30)13(11-29(16)19)22(32)27-10-12-5-6-14(25)17(24)18(12)26/h2,5-6,13,15-16,31H,1,3-4,7-11H2,(H,27,32)/t13?,15?,16-/m0/s1. The third-order valence-corrected chi connectivity index (χ3v) is 6.93. The molecule has 11 heteroatoms. The first-order chi connectivity index (χ1) is 16.3.